The van der Waals surface area contributed by atoms with Crippen LogP contribution in [0.5, 0.6) is 0 Å². The molecule has 0 spiro atoms. The normalized spacial score (nSPS) is 14.8. The predicted octanol–water partition coefficient (Wildman–Crippen LogP) is 3.39. The molecule has 2 aromatic rings. The van der Waals surface area contributed by atoms with Gasteiger partial charge in [-0.05, 0) is 55.8 Å². The van der Waals surface area contributed by atoms with Crippen molar-refractivity contribution in [3.63, 3.8) is 0 Å². The van der Waals surface area contributed by atoms with Crippen LogP contribution in [0.4, 0.5) is 24.5 Å². The number of halogens is 3. The molecule has 0 unspecified atom stereocenters. The van der Waals surface area contributed by atoms with Gasteiger partial charge in [-0.25, -0.2) is 8.42 Å². The van der Waals surface area contributed by atoms with Gasteiger partial charge in [-0.15, -0.1) is 0 Å². The second kappa shape index (κ2) is 11.2. The standard InChI is InChI=1S/C23H27F3N4O4S/c1-2-29(16-22(32)28-20-8-4-3-7-19(20)23(24,25)26)15-21(31)27-17-9-11-18(12-10-17)35(33,34)30-13-5-6-14-30/h3-4,7-12H,2,5-6,13-16H2,1H3,(H,27,31)(H,28,32). The van der Waals surface area contributed by atoms with Gasteiger partial charge in [0, 0.05) is 18.8 Å². The lowest BCUT2D eigenvalue weighted by molar-refractivity contribution is -0.137. The molecule has 1 aliphatic rings. The van der Waals surface area contributed by atoms with E-state index in [0.29, 0.717) is 25.3 Å². The topological polar surface area (TPSA) is 98.8 Å². The Labute approximate surface area is 202 Å². The number of likely N-dealkylation sites (N-methyl/N-ethyl adjacent to an activating group) is 1. The number of para-hydroxylation sites is 1. The van der Waals surface area contributed by atoms with Crippen LogP contribution in [0.25, 0.3) is 0 Å². The highest BCUT2D eigenvalue weighted by Crippen LogP contribution is 2.34. The van der Waals surface area contributed by atoms with Gasteiger partial charge < -0.3 is 10.6 Å². The highest BCUT2D eigenvalue weighted by Gasteiger charge is 2.33. The van der Waals surface area contributed by atoms with E-state index in [-0.39, 0.29) is 23.7 Å². The molecule has 2 aromatic carbocycles. The minimum Gasteiger partial charge on any atom is -0.325 e. The number of anilines is 2. The smallest absolute Gasteiger partial charge is 0.325 e. The summed E-state index contributed by atoms with van der Waals surface area (Å²) in [6, 6.07) is 10.5. The predicted molar refractivity (Wildman–Crippen MR) is 125 cm³/mol. The molecule has 12 heteroatoms. The number of amides is 2. The molecule has 3 rings (SSSR count). The minimum absolute atomic E-state index is 0.142. The Morgan fingerprint density at radius 1 is 0.943 bits per heavy atom. The van der Waals surface area contributed by atoms with E-state index in [1.165, 1.54) is 45.6 Å². The molecule has 0 aromatic heterocycles. The van der Waals surface area contributed by atoms with Crippen molar-refractivity contribution in [1.82, 2.24) is 9.21 Å². The van der Waals surface area contributed by atoms with Crippen LogP contribution in [-0.4, -0.2) is 62.2 Å². The molecule has 1 heterocycles. The molecule has 8 nitrogen and oxygen atoms in total. The van der Waals surface area contributed by atoms with Crippen molar-refractivity contribution in [2.24, 2.45) is 0 Å². The Hall–Kier alpha value is -2.96. The van der Waals surface area contributed by atoms with Gasteiger partial charge >= 0.3 is 6.18 Å². The molecule has 0 atom stereocenters. The number of rotatable bonds is 9. The average molecular weight is 513 g/mol. The van der Waals surface area contributed by atoms with Gasteiger partial charge in [0.05, 0.1) is 29.2 Å². The monoisotopic (exact) mass is 512 g/mol. The fourth-order valence-electron chi connectivity index (χ4n) is 3.70. The molecule has 0 saturated carbocycles. The van der Waals surface area contributed by atoms with Gasteiger partial charge in [0.15, 0.2) is 0 Å². The number of nitrogens with zero attached hydrogens (tertiary/aromatic N) is 2. The first-order chi connectivity index (χ1) is 16.5. The molecule has 2 amide bonds. The molecule has 190 valence electrons. The van der Waals surface area contributed by atoms with E-state index in [2.05, 4.69) is 10.6 Å². The third kappa shape index (κ3) is 7.03. The van der Waals surface area contributed by atoms with E-state index in [1.54, 1.807) is 6.92 Å². The lowest BCUT2D eigenvalue weighted by Gasteiger charge is -2.20. The van der Waals surface area contributed by atoms with Crippen molar-refractivity contribution < 1.29 is 31.2 Å². The largest absolute Gasteiger partial charge is 0.418 e. The van der Waals surface area contributed by atoms with Gasteiger partial charge in [-0.3, -0.25) is 14.5 Å². The highest BCUT2D eigenvalue weighted by atomic mass is 32.2. The minimum atomic E-state index is -4.61. The molecule has 35 heavy (non-hydrogen) atoms. The summed E-state index contributed by atoms with van der Waals surface area (Å²) in [7, 11) is -3.56. The van der Waals surface area contributed by atoms with Crippen LogP contribution in [0.2, 0.25) is 0 Å². The fraction of sp³-hybridized carbons (Fsp3) is 0.391. The van der Waals surface area contributed by atoms with Crippen LogP contribution in [-0.2, 0) is 25.8 Å². The summed E-state index contributed by atoms with van der Waals surface area (Å²) in [5, 5.41) is 4.89. The van der Waals surface area contributed by atoms with Crippen molar-refractivity contribution in [3.05, 3.63) is 54.1 Å². The third-order valence-corrected chi connectivity index (χ3v) is 7.44. The summed E-state index contributed by atoms with van der Waals surface area (Å²) in [4.78, 5) is 26.4. The fourth-order valence-corrected chi connectivity index (χ4v) is 5.22. The molecule has 0 aliphatic carbocycles. The van der Waals surface area contributed by atoms with Crippen LogP contribution >= 0.6 is 0 Å². The summed E-state index contributed by atoms with van der Waals surface area (Å²) in [5.74, 6) is -1.14. The van der Waals surface area contributed by atoms with E-state index in [4.69, 9.17) is 0 Å². The van der Waals surface area contributed by atoms with Crippen LogP contribution in [0.3, 0.4) is 0 Å². The lowest BCUT2D eigenvalue weighted by Crippen LogP contribution is -2.38. The zero-order valence-corrected chi connectivity index (χ0v) is 20.0. The van der Waals surface area contributed by atoms with Crippen molar-refractivity contribution >= 4 is 33.2 Å². The highest BCUT2D eigenvalue weighted by molar-refractivity contribution is 7.89. The zero-order valence-electron chi connectivity index (χ0n) is 19.1. The number of hydrogen-bond acceptors (Lipinski definition) is 5. The first kappa shape index (κ1) is 26.6. The number of benzene rings is 2. The molecule has 0 radical (unpaired) electrons. The van der Waals surface area contributed by atoms with E-state index >= 15 is 0 Å². The zero-order chi connectivity index (χ0) is 25.6. The summed E-state index contributed by atoms with van der Waals surface area (Å²) in [5.41, 5.74) is -0.922. The second-order valence-electron chi connectivity index (χ2n) is 8.08. The quantitative estimate of drug-likeness (QED) is 0.537. The van der Waals surface area contributed by atoms with E-state index in [9.17, 15) is 31.2 Å². The molecule has 1 fully saturated rings. The van der Waals surface area contributed by atoms with Crippen LogP contribution in [0, 0.1) is 0 Å². The maximum Gasteiger partial charge on any atom is 0.418 e. The Morgan fingerprint density at radius 3 is 2.09 bits per heavy atom. The molecular weight excluding hydrogens is 485 g/mol. The number of sulfonamides is 1. The van der Waals surface area contributed by atoms with E-state index in [1.807, 2.05) is 0 Å². The third-order valence-electron chi connectivity index (χ3n) is 5.53. The Balaban J connectivity index is 1.56. The molecule has 2 N–H and O–H groups in total. The van der Waals surface area contributed by atoms with Crippen LogP contribution in [0.1, 0.15) is 25.3 Å². The van der Waals surface area contributed by atoms with E-state index < -0.39 is 33.6 Å². The first-order valence-corrected chi connectivity index (χ1v) is 12.5. The summed E-state index contributed by atoms with van der Waals surface area (Å²) in [6.45, 7) is 2.52. The van der Waals surface area contributed by atoms with Crippen LogP contribution < -0.4 is 10.6 Å². The molecule has 1 aliphatic heterocycles. The Kier molecular flexibility index (Phi) is 8.51. The van der Waals surface area contributed by atoms with Crippen molar-refractivity contribution in [1.29, 1.82) is 0 Å². The molecule has 0 bridgehead atoms. The van der Waals surface area contributed by atoms with Gasteiger partial charge in [-0.2, -0.15) is 17.5 Å². The SMILES string of the molecule is CCN(CC(=O)Nc1ccc(S(=O)(=O)N2CCCC2)cc1)CC(=O)Nc1ccccc1C(F)(F)F. The van der Waals surface area contributed by atoms with Gasteiger partial charge in [-0.1, -0.05) is 19.1 Å². The Morgan fingerprint density at radius 2 is 1.51 bits per heavy atom. The van der Waals surface area contributed by atoms with Crippen molar-refractivity contribution in [2.45, 2.75) is 30.8 Å². The second-order valence-corrected chi connectivity index (χ2v) is 10.0. The first-order valence-electron chi connectivity index (χ1n) is 11.1. The summed E-state index contributed by atoms with van der Waals surface area (Å²) >= 11 is 0. The molecule has 1 saturated heterocycles. The molecular formula is C23H27F3N4O4S. The number of nitrogens with one attached hydrogen (secondary N) is 2. The number of alkyl halides is 3. The lowest BCUT2D eigenvalue weighted by atomic mass is 10.1. The average Bonchev–Trinajstić information content (AvgIpc) is 3.34. The van der Waals surface area contributed by atoms with Crippen molar-refractivity contribution in [2.75, 3.05) is 43.4 Å². The summed E-state index contributed by atoms with van der Waals surface area (Å²) in [6.07, 6.45) is -2.96. The number of carbonyl (C=O) groups is 2. The van der Waals surface area contributed by atoms with Gasteiger partial charge in [0.25, 0.3) is 0 Å². The Bertz CT molecular complexity index is 1150. The van der Waals surface area contributed by atoms with Gasteiger partial charge in [0.2, 0.25) is 21.8 Å². The number of carbonyl (C=O) groups excluding carboxylic acids is 2. The van der Waals surface area contributed by atoms with Crippen molar-refractivity contribution in [3.8, 4) is 0 Å². The maximum atomic E-state index is 13.1. The summed E-state index contributed by atoms with van der Waals surface area (Å²) < 4.78 is 66.0. The number of hydrogen-bond donors (Lipinski definition) is 2. The maximum absolute atomic E-state index is 13.1. The van der Waals surface area contributed by atoms with Gasteiger partial charge in [0.1, 0.15) is 0 Å². The van der Waals surface area contributed by atoms with Crippen LogP contribution in [0.15, 0.2) is 53.4 Å². The van der Waals surface area contributed by atoms with E-state index in [0.717, 1.165) is 25.0 Å².